The van der Waals surface area contributed by atoms with Gasteiger partial charge in [0.25, 0.3) is 0 Å². The monoisotopic (exact) mass is 410 g/mol. The van der Waals surface area contributed by atoms with Crippen molar-refractivity contribution in [3.63, 3.8) is 0 Å². The van der Waals surface area contributed by atoms with E-state index in [1.807, 2.05) is 37.6 Å². The quantitative estimate of drug-likeness (QED) is 0.678. The number of benzene rings is 2. The Morgan fingerprint density at radius 1 is 1.10 bits per heavy atom. The predicted molar refractivity (Wildman–Crippen MR) is 117 cm³/mol. The van der Waals surface area contributed by atoms with Gasteiger partial charge in [-0.25, -0.2) is 0 Å². The van der Waals surface area contributed by atoms with Crippen molar-refractivity contribution in [1.29, 1.82) is 0 Å². The lowest BCUT2D eigenvalue weighted by atomic mass is 9.89. The number of aryl methyl sites for hydroxylation is 2. The first-order valence-corrected chi connectivity index (χ1v) is 9.73. The Morgan fingerprint density at radius 3 is 2.45 bits per heavy atom. The molecule has 1 aliphatic rings. The maximum Gasteiger partial charge on any atom is 0.225 e. The second-order valence-corrected chi connectivity index (χ2v) is 7.58. The van der Waals surface area contributed by atoms with Crippen LogP contribution in [0.5, 0.6) is 0 Å². The van der Waals surface area contributed by atoms with Gasteiger partial charge in [-0.15, -0.1) is 12.4 Å². The van der Waals surface area contributed by atoms with E-state index in [0.717, 1.165) is 23.2 Å². The van der Waals surface area contributed by atoms with Gasteiger partial charge in [0.2, 0.25) is 5.91 Å². The van der Waals surface area contributed by atoms with Crippen LogP contribution in [0, 0.1) is 12.8 Å². The van der Waals surface area contributed by atoms with Crippen LogP contribution in [0.4, 0.5) is 0 Å². The van der Waals surface area contributed by atoms with Crippen LogP contribution in [-0.2, 0) is 11.8 Å². The molecular formula is C23H27ClN4O. The van der Waals surface area contributed by atoms with Crippen LogP contribution in [0.1, 0.15) is 34.2 Å². The van der Waals surface area contributed by atoms with Crippen molar-refractivity contribution < 1.29 is 4.79 Å². The van der Waals surface area contributed by atoms with Gasteiger partial charge in [0, 0.05) is 32.3 Å². The number of aromatic nitrogens is 2. The standard InChI is InChI=1S/C23H26N4O.ClH/c1-16-8-10-18(11-9-16)22(17-6-4-3-5-7-17)26-23(28)21-14-24-13-20(21)19-12-25-27(2)15-19;/h3-12,15,20-22,24H,13-14H2,1-2H3,(H,26,28);1H/t20-,21+,22?;/m1./s1. The molecule has 4 rings (SSSR count). The molecule has 5 nitrogen and oxygen atoms in total. The van der Waals surface area contributed by atoms with E-state index in [4.69, 9.17) is 0 Å². The molecule has 0 saturated carbocycles. The zero-order chi connectivity index (χ0) is 19.5. The number of rotatable bonds is 5. The van der Waals surface area contributed by atoms with Gasteiger partial charge in [-0.1, -0.05) is 60.2 Å². The van der Waals surface area contributed by atoms with Gasteiger partial charge in [-0.05, 0) is 23.6 Å². The number of amides is 1. The largest absolute Gasteiger partial charge is 0.345 e. The summed E-state index contributed by atoms with van der Waals surface area (Å²) >= 11 is 0. The van der Waals surface area contributed by atoms with Crippen LogP contribution >= 0.6 is 12.4 Å². The van der Waals surface area contributed by atoms with Gasteiger partial charge in [0.15, 0.2) is 0 Å². The fourth-order valence-corrected chi connectivity index (χ4v) is 3.95. The van der Waals surface area contributed by atoms with Gasteiger partial charge in [-0.2, -0.15) is 5.10 Å². The number of nitrogens with one attached hydrogen (secondary N) is 2. The molecule has 152 valence electrons. The Balaban J connectivity index is 0.00000240. The van der Waals surface area contributed by atoms with Crippen molar-refractivity contribution in [2.75, 3.05) is 13.1 Å². The van der Waals surface area contributed by atoms with Crippen molar-refractivity contribution in [2.24, 2.45) is 13.0 Å². The average molecular weight is 411 g/mol. The molecule has 0 aliphatic carbocycles. The fraction of sp³-hybridized carbons (Fsp3) is 0.304. The molecule has 2 N–H and O–H groups in total. The summed E-state index contributed by atoms with van der Waals surface area (Å²) in [6, 6.07) is 18.4. The molecule has 1 saturated heterocycles. The zero-order valence-corrected chi connectivity index (χ0v) is 17.5. The third-order valence-electron chi connectivity index (χ3n) is 5.53. The lowest BCUT2D eigenvalue weighted by Crippen LogP contribution is -2.37. The molecule has 6 heteroatoms. The van der Waals surface area contributed by atoms with E-state index >= 15 is 0 Å². The van der Waals surface area contributed by atoms with Gasteiger partial charge >= 0.3 is 0 Å². The molecule has 1 aliphatic heterocycles. The molecular weight excluding hydrogens is 384 g/mol. The summed E-state index contributed by atoms with van der Waals surface area (Å²) in [7, 11) is 1.91. The highest BCUT2D eigenvalue weighted by atomic mass is 35.5. The second kappa shape index (κ2) is 9.25. The number of carbonyl (C=O) groups excluding carboxylic acids is 1. The third-order valence-corrected chi connectivity index (χ3v) is 5.53. The summed E-state index contributed by atoms with van der Waals surface area (Å²) in [6.07, 6.45) is 3.87. The van der Waals surface area contributed by atoms with Crippen molar-refractivity contribution >= 4 is 18.3 Å². The zero-order valence-electron chi connectivity index (χ0n) is 16.7. The summed E-state index contributed by atoms with van der Waals surface area (Å²) in [4.78, 5) is 13.3. The molecule has 2 heterocycles. The minimum Gasteiger partial charge on any atom is -0.345 e. The molecule has 0 radical (unpaired) electrons. The first-order chi connectivity index (χ1) is 13.6. The van der Waals surface area contributed by atoms with E-state index in [9.17, 15) is 4.79 Å². The average Bonchev–Trinajstić information content (AvgIpc) is 3.36. The third kappa shape index (κ3) is 4.69. The van der Waals surface area contributed by atoms with Gasteiger partial charge < -0.3 is 10.6 Å². The summed E-state index contributed by atoms with van der Waals surface area (Å²) in [5.41, 5.74) is 4.50. The van der Waals surface area contributed by atoms with Crippen molar-refractivity contribution in [3.8, 4) is 0 Å². The van der Waals surface area contributed by atoms with Crippen LogP contribution < -0.4 is 10.6 Å². The van der Waals surface area contributed by atoms with E-state index in [1.54, 1.807) is 4.68 Å². The molecule has 1 aromatic heterocycles. The first-order valence-electron chi connectivity index (χ1n) is 9.73. The Bertz CT molecular complexity index is 939. The van der Waals surface area contributed by atoms with E-state index in [-0.39, 0.29) is 36.2 Å². The Labute approximate surface area is 177 Å². The lowest BCUT2D eigenvalue weighted by Gasteiger charge is -2.24. The summed E-state index contributed by atoms with van der Waals surface area (Å²) in [5.74, 6) is 0.109. The van der Waals surface area contributed by atoms with Gasteiger partial charge in [0.1, 0.15) is 0 Å². The predicted octanol–water partition coefficient (Wildman–Crippen LogP) is 3.36. The highest BCUT2D eigenvalue weighted by Gasteiger charge is 2.35. The number of hydrogen-bond donors (Lipinski definition) is 2. The minimum atomic E-state index is -0.163. The highest BCUT2D eigenvalue weighted by molar-refractivity contribution is 5.85. The van der Waals surface area contributed by atoms with Crippen LogP contribution in [-0.4, -0.2) is 28.8 Å². The van der Waals surface area contributed by atoms with Crippen molar-refractivity contribution in [3.05, 3.63) is 89.2 Å². The van der Waals surface area contributed by atoms with Crippen LogP contribution in [0.15, 0.2) is 67.0 Å². The molecule has 0 spiro atoms. The van der Waals surface area contributed by atoms with E-state index in [0.29, 0.717) is 6.54 Å². The molecule has 0 bridgehead atoms. The molecule has 3 aromatic rings. The minimum absolute atomic E-state index is 0. The number of nitrogens with zero attached hydrogens (tertiary/aromatic N) is 2. The molecule has 29 heavy (non-hydrogen) atoms. The van der Waals surface area contributed by atoms with Crippen LogP contribution in [0.3, 0.4) is 0 Å². The molecule has 1 unspecified atom stereocenters. The van der Waals surface area contributed by atoms with Crippen LogP contribution in [0.2, 0.25) is 0 Å². The van der Waals surface area contributed by atoms with Crippen molar-refractivity contribution in [2.45, 2.75) is 18.9 Å². The second-order valence-electron chi connectivity index (χ2n) is 7.58. The smallest absolute Gasteiger partial charge is 0.225 e. The Kier molecular flexibility index (Phi) is 6.72. The van der Waals surface area contributed by atoms with Crippen molar-refractivity contribution in [1.82, 2.24) is 20.4 Å². The maximum atomic E-state index is 13.3. The van der Waals surface area contributed by atoms with E-state index in [2.05, 4.69) is 59.1 Å². The fourth-order valence-electron chi connectivity index (χ4n) is 3.95. The number of carbonyl (C=O) groups is 1. The highest BCUT2D eigenvalue weighted by Crippen LogP contribution is 2.30. The number of halogens is 1. The molecule has 1 amide bonds. The summed E-state index contributed by atoms with van der Waals surface area (Å²) in [6.45, 7) is 3.55. The lowest BCUT2D eigenvalue weighted by molar-refractivity contribution is -0.125. The van der Waals surface area contributed by atoms with E-state index < -0.39 is 0 Å². The molecule has 3 atom stereocenters. The Morgan fingerprint density at radius 2 is 1.79 bits per heavy atom. The first kappa shape index (κ1) is 21.1. The molecule has 2 aromatic carbocycles. The van der Waals surface area contributed by atoms with E-state index in [1.165, 1.54) is 5.56 Å². The topological polar surface area (TPSA) is 59.0 Å². The number of hydrogen-bond acceptors (Lipinski definition) is 3. The van der Waals surface area contributed by atoms with Gasteiger partial charge in [0.05, 0.1) is 18.2 Å². The molecule has 1 fully saturated rings. The van der Waals surface area contributed by atoms with Gasteiger partial charge in [-0.3, -0.25) is 9.48 Å². The summed E-state index contributed by atoms with van der Waals surface area (Å²) < 4.78 is 1.79. The Hall–Kier alpha value is -2.63. The van der Waals surface area contributed by atoms with Crippen LogP contribution in [0.25, 0.3) is 0 Å². The normalized spacial score (nSPS) is 19.4. The SMILES string of the molecule is Cc1ccc(C(NC(=O)[C@H]2CNC[C@@H]2c2cnn(C)c2)c2ccccc2)cc1.Cl. The summed E-state index contributed by atoms with van der Waals surface area (Å²) in [5, 5.41) is 11.0. The maximum absolute atomic E-state index is 13.3.